The monoisotopic (exact) mass is 273 g/mol. The number of thioether (sulfide) groups is 1. The maximum absolute atomic E-state index is 11.8. The van der Waals surface area contributed by atoms with Crippen molar-refractivity contribution >= 4 is 17.7 Å². The summed E-state index contributed by atoms with van der Waals surface area (Å²) in [6, 6.07) is 0.0630. The van der Waals surface area contributed by atoms with E-state index in [0.29, 0.717) is 12.6 Å². The van der Waals surface area contributed by atoms with E-state index < -0.39 is 0 Å². The van der Waals surface area contributed by atoms with Gasteiger partial charge in [0, 0.05) is 12.6 Å². The van der Waals surface area contributed by atoms with E-state index in [1.807, 2.05) is 6.26 Å². The molecule has 1 unspecified atom stereocenters. The summed E-state index contributed by atoms with van der Waals surface area (Å²) < 4.78 is 0. The van der Waals surface area contributed by atoms with Gasteiger partial charge >= 0.3 is 0 Å². The van der Waals surface area contributed by atoms with Crippen molar-refractivity contribution in [1.82, 2.24) is 10.2 Å². The van der Waals surface area contributed by atoms with Crippen LogP contribution >= 0.6 is 11.8 Å². The molecule has 0 aromatic rings. The van der Waals surface area contributed by atoms with E-state index in [4.69, 9.17) is 5.73 Å². The van der Waals surface area contributed by atoms with Gasteiger partial charge in [0.2, 0.25) is 5.91 Å². The molecular formula is C13H27N3OS. The second kappa shape index (κ2) is 8.77. The molecule has 1 heterocycles. The lowest BCUT2D eigenvalue weighted by atomic mass is 10.1. The molecule has 0 saturated carbocycles. The summed E-state index contributed by atoms with van der Waals surface area (Å²) >= 11 is 1.73. The van der Waals surface area contributed by atoms with Gasteiger partial charge in [-0.2, -0.15) is 11.8 Å². The fourth-order valence-electron chi connectivity index (χ4n) is 2.24. The molecule has 106 valence electrons. The van der Waals surface area contributed by atoms with Gasteiger partial charge < -0.3 is 11.1 Å². The average molecular weight is 273 g/mol. The largest absolute Gasteiger partial charge is 0.353 e. The van der Waals surface area contributed by atoms with Crippen LogP contribution in [0.25, 0.3) is 0 Å². The molecule has 0 aliphatic carbocycles. The number of likely N-dealkylation sites (tertiary alicyclic amines) is 1. The first-order valence-corrected chi connectivity index (χ1v) is 8.30. The molecule has 1 amide bonds. The lowest BCUT2D eigenvalue weighted by Gasteiger charge is -2.32. The molecule has 3 N–H and O–H groups in total. The molecule has 1 aliphatic rings. The highest BCUT2D eigenvalue weighted by atomic mass is 32.2. The molecule has 0 radical (unpaired) electrons. The first-order valence-electron chi connectivity index (χ1n) is 6.91. The lowest BCUT2D eigenvalue weighted by Crippen LogP contribution is -2.48. The highest BCUT2D eigenvalue weighted by molar-refractivity contribution is 7.98. The number of nitrogens with zero attached hydrogens (tertiary/aromatic N) is 1. The number of hydrogen-bond donors (Lipinski definition) is 2. The maximum Gasteiger partial charge on any atom is 0.237 e. The fourth-order valence-corrected chi connectivity index (χ4v) is 2.73. The standard InChI is InChI=1S/C13H27N3OS/c1-11(16-7-4-3-5-8-16)10-15-13(17)12(14)6-9-18-2/h11-12H,3-10,14H2,1-2H3,(H,15,17)/t11?,12-/m1/s1. The minimum atomic E-state index is -0.356. The van der Waals surface area contributed by atoms with Crippen LogP contribution in [0.4, 0.5) is 0 Å². The van der Waals surface area contributed by atoms with Gasteiger partial charge in [0.15, 0.2) is 0 Å². The van der Waals surface area contributed by atoms with Gasteiger partial charge in [-0.1, -0.05) is 6.42 Å². The quantitative estimate of drug-likeness (QED) is 0.728. The van der Waals surface area contributed by atoms with Crippen LogP contribution in [0, 0.1) is 0 Å². The smallest absolute Gasteiger partial charge is 0.237 e. The number of nitrogens with two attached hydrogens (primary N) is 1. The summed E-state index contributed by atoms with van der Waals surface area (Å²) in [5, 5.41) is 2.97. The third kappa shape index (κ3) is 5.59. The number of amides is 1. The highest BCUT2D eigenvalue weighted by Crippen LogP contribution is 2.11. The van der Waals surface area contributed by atoms with Crippen LogP contribution in [0.5, 0.6) is 0 Å². The predicted octanol–water partition coefficient (Wildman–Crippen LogP) is 1.06. The highest BCUT2D eigenvalue weighted by Gasteiger charge is 2.18. The number of rotatable bonds is 7. The van der Waals surface area contributed by atoms with E-state index in [9.17, 15) is 4.79 Å². The predicted molar refractivity (Wildman–Crippen MR) is 78.9 cm³/mol. The number of hydrogen-bond acceptors (Lipinski definition) is 4. The van der Waals surface area contributed by atoms with Gasteiger partial charge in [0.05, 0.1) is 6.04 Å². The van der Waals surface area contributed by atoms with Gasteiger partial charge in [-0.25, -0.2) is 0 Å². The summed E-state index contributed by atoms with van der Waals surface area (Å²) in [5.41, 5.74) is 5.83. The van der Waals surface area contributed by atoms with Crippen LogP contribution in [0.15, 0.2) is 0 Å². The van der Waals surface area contributed by atoms with Gasteiger partial charge in [0.1, 0.15) is 0 Å². The molecule has 1 rings (SSSR count). The number of nitrogens with one attached hydrogen (secondary N) is 1. The van der Waals surface area contributed by atoms with Crippen molar-refractivity contribution in [2.45, 2.75) is 44.7 Å². The molecule has 1 saturated heterocycles. The minimum absolute atomic E-state index is 0.00657. The Balaban J connectivity index is 2.20. The molecule has 2 atom stereocenters. The Morgan fingerprint density at radius 1 is 1.39 bits per heavy atom. The Bertz CT molecular complexity index is 244. The molecule has 0 bridgehead atoms. The van der Waals surface area contributed by atoms with Gasteiger partial charge in [-0.15, -0.1) is 0 Å². The van der Waals surface area contributed by atoms with E-state index in [2.05, 4.69) is 17.1 Å². The minimum Gasteiger partial charge on any atom is -0.353 e. The molecule has 1 fully saturated rings. The van der Waals surface area contributed by atoms with Crippen LogP contribution in [0.1, 0.15) is 32.6 Å². The molecule has 0 aromatic heterocycles. The summed E-state index contributed by atoms with van der Waals surface area (Å²) in [6.45, 7) is 5.22. The summed E-state index contributed by atoms with van der Waals surface area (Å²) in [4.78, 5) is 14.2. The molecule has 1 aliphatic heterocycles. The van der Waals surface area contributed by atoms with E-state index in [0.717, 1.165) is 25.3 Å². The molecule has 18 heavy (non-hydrogen) atoms. The van der Waals surface area contributed by atoms with Gasteiger partial charge in [0.25, 0.3) is 0 Å². The van der Waals surface area contributed by atoms with Crippen molar-refractivity contribution in [1.29, 1.82) is 0 Å². The van der Waals surface area contributed by atoms with Crippen molar-refractivity contribution < 1.29 is 4.79 Å². The Morgan fingerprint density at radius 2 is 2.06 bits per heavy atom. The topological polar surface area (TPSA) is 58.4 Å². The van der Waals surface area contributed by atoms with E-state index in [1.165, 1.54) is 19.3 Å². The zero-order valence-corrected chi connectivity index (χ0v) is 12.5. The van der Waals surface area contributed by atoms with Crippen LogP contribution in [-0.4, -0.2) is 54.5 Å². The van der Waals surface area contributed by atoms with E-state index in [-0.39, 0.29) is 11.9 Å². The normalized spacial score (nSPS) is 20.4. The van der Waals surface area contributed by atoms with Crippen molar-refractivity contribution in [3.8, 4) is 0 Å². The van der Waals surface area contributed by atoms with Gasteiger partial charge in [-0.05, 0) is 51.3 Å². The third-order valence-electron chi connectivity index (χ3n) is 3.56. The zero-order valence-electron chi connectivity index (χ0n) is 11.7. The van der Waals surface area contributed by atoms with Crippen LogP contribution in [0.3, 0.4) is 0 Å². The first-order chi connectivity index (χ1) is 8.65. The number of piperidine rings is 1. The molecule has 5 heteroatoms. The first kappa shape index (κ1) is 15.8. The molecular weight excluding hydrogens is 246 g/mol. The fraction of sp³-hybridized carbons (Fsp3) is 0.923. The summed E-state index contributed by atoms with van der Waals surface area (Å²) in [7, 11) is 0. The zero-order chi connectivity index (χ0) is 13.4. The Labute approximate surface area is 115 Å². The van der Waals surface area contributed by atoms with Gasteiger partial charge in [-0.3, -0.25) is 9.69 Å². The second-order valence-corrected chi connectivity index (χ2v) is 6.06. The molecule has 0 spiro atoms. The number of carbonyl (C=O) groups excluding carboxylic acids is 1. The Kier molecular flexibility index (Phi) is 7.70. The SMILES string of the molecule is CSCC[C@@H](N)C(=O)NCC(C)N1CCCCC1. The van der Waals surface area contributed by atoms with E-state index in [1.54, 1.807) is 11.8 Å². The molecule has 4 nitrogen and oxygen atoms in total. The van der Waals surface area contributed by atoms with Crippen LogP contribution in [-0.2, 0) is 4.79 Å². The Hall–Kier alpha value is -0.260. The summed E-state index contributed by atoms with van der Waals surface area (Å²) in [6.07, 6.45) is 6.69. The van der Waals surface area contributed by atoms with E-state index >= 15 is 0 Å². The summed E-state index contributed by atoms with van der Waals surface area (Å²) in [5.74, 6) is 0.934. The lowest BCUT2D eigenvalue weighted by molar-refractivity contribution is -0.122. The van der Waals surface area contributed by atoms with Crippen molar-refractivity contribution in [2.75, 3.05) is 31.6 Å². The van der Waals surface area contributed by atoms with Crippen LogP contribution in [0.2, 0.25) is 0 Å². The molecule has 0 aromatic carbocycles. The third-order valence-corrected chi connectivity index (χ3v) is 4.20. The maximum atomic E-state index is 11.8. The van der Waals surface area contributed by atoms with Crippen molar-refractivity contribution in [3.63, 3.8) is 0 Å². The van der Waals surface area contributed by atoms with Crippen molar-refractivity contribution in [2.24, 2.45) is 5.73 Å². The number of carbonyl (C=O) groups is 1. The van der Waals surface area contributed by atoms with Crippen molar-refractivity contribution in [3.05, 3.63) is 0 Å². The van der Waals surface area contributed by atoms with Crippen LogP contribution < -0.4 is 11.1 Å². The second-order valence-electron chi connectivity index (χ2n) is 5.08. The average Bonchev–Trinajstić information content (AvgIpc) is 2.42. The Morgan fingerprint density at radius 3 is 2.67 bits per heavy atom.